The lowest BCUT2D eigenvalue weighted by atomic mass is 9.94. The van der Waals surface area contributed by atoms with E-state index in [1.165, 1.54) is 12.8 Å². The van der Waals surface area contributed by atoms with E-state index in [0.717, 1.165) is 25.7 Å². The van der Waals surface area contributed by atoms with E-state index in [-0.39, 0.29) is 18.7 Å². The smallest absolute Gasteiger partial charge is 0.311 e. The first kappa shape index (κ1) is 11.3. The molecule has 17 heavy (non-hydrogen) atoms. The normalized spacial score (nSPS) is 35.6. The molecule has 0 saturated heterocycles. The van der Waals surface area contributed by atoms with Crippen LogP contribution in [0.25, 0.3) is 0 Å². The molecule has 0 aliphatic heterocycles. The molecule has 2 fully saturated rings. The van der Waals surface area contributed by atoms with Gasteiger partial charge in [-0.3, -0.25) is 4.79 Å². The minimum absolute atomic E-state index is 0.0557. The summed E-state index contributed by atoms with van der Waals surface area (Å²) in [6.07, 6.45) is 11.6. The first-order valence-electron chi connectivity index (χ1n) is 6.79. The van der Waals surface area contributed by atoms with E-state index >= 15 is 0 Å². The first-order valence-corrected chi connectivity index (χ1v) is 6.79. The molecule has 3 atom stereocenters. The van der Waals surface area contributed by atoms with Gasteiger partial charge < -0.3 is 9.47 Å². The molecule has 3 nitrogen and oxygen atoms in total. The Hall–Kier alpha value is -0.830. The fourth-order valence-electron chi connectivity index (χ4n) is 3.40. The molecule has 94 valence electrons. The zero-order valence-electron chi connectivity index (χ0n) is 10.1. The molecule has 3 aliphatic rings. The van der Waals surface area contributed by atoms with Crippen molar-refractivity contribution >= 4 is 5.97 Å². The lowest BCUT2D eigenvalue weighted by molar-refractivity contribution is -0.166. The Morgan fingerprint density at radius 1 is 1.18 bits per heavy atom. The van der Waals surface area contributed by atoms with Gasteiger partial charge in [0.25, 0.3) is 0 Å². The number of fused-ring (bicyclic) bond motifs is 2. The van der Waals surface area contributed by atoms with Gasteiger partial charge >= 0.3 is 5.97 Å². The van der Waals surface area contributed by atoms with Crippen LogP contribution in [0.5, 0.6) is 0 Å². The molecule has 0 aromatic heterocycles. The molecule has 3 rings (SSSR count). The molecule has 0 amide bonds. The maximum Gasteiger partial charge on any atom is 0.311 e. The molecule has 2 saturated carbocycles. The summed E-state index contributed by atoms with van der Waals surface area (Å²) < 4.78 is 10.8. The summed E-state index contributed by atoms with van der Waals surface area (Å²) in [6, 6.07) is 0. The topological polar surface area (TPSA) is 35.5 Å². The number of ether oxygens (including phenoxy) is 2. The van der Waals surface area contributed by atoms with Gasteiger partial charge in [0.1, 0.15) is 0 Å². The van der Waals surface area contributed by atoms with Gasteiger partial charge in [-0.2, -0.15) is 0 Å². The highest BCUT2D eigenvalue weighted by Gasteiger charge is 2.40. The maximum atomic E-state index is 11.9. The quantitative estimate of drug-likeness (QED) is 0.427. The van der Waals surface area contributed by atoms with Gasteiger partial charge in [-0.1, -0.05) is 25.0 Å². The van der Waals surface area contributed by atoms with E-state index in [9.17, 15) is 4.79 Å². The number of allylic oxidation sites excluding steroid dienone is 2. The van der Waals surface area contributed by atoms with Gasteiger partial charge in [0.15, 0.2) is 6.79 Å². The number of rotatable bonds is 4. The Bertz CT molecular complexity index is 317. The molecule has 2 bridgehead atoms. The molecular formula is C14H20O3. The third kappa shape index (κ3) is 2.39. The lowest BCUT2D eigenvalue weighted by Crippen LogP contribution is -2.23. The maximum absolute atomic E-state index is 11.9. The van der Waals surface area contributed by atoms with Gasteiger partial charge in [-0.05, 0) is 37.5 Å². The molecule has 0 radical (unpaired) electrons. The van der Waals surface area contributed by atoms with Crippen molar-refractivity contribution in [3.05, 3.63) is 12.2 Å². The average Bonchev–Trinajstić information content (AvgIpc) is 3.05. The summed E-state index contributed by atoms with van der Waals surface area (Å²) in [5.41, 5.74) is 0. The van der Waals surface area contributed by atoms with Crippen LogP contribution in [0.3, 0.4) is 0 Å². The number of carbonyl (C=O) groups is 1. The van der Waals surface area contributed by atoms with E-state index in [1.807, 2.05) is 0 Å². The second-order valence-electron chi connectivity index (χ2n) is 5.54. The molecule has 0 N–H and O–H groups in total. The molecule has 3 heteroatoms. The minimum atomic E-state index is -0.0557. The van der Waals surface area contributed by atoms with Crippen LogP contribution in [0, 0.1) is 17.8 Å². The Balaban J connectivity index is 1.40. The van der Waals surface area contributed by atoms with E-state index in [1.54, 1.807) is 0 Å². The highest BCUT2D eigenvalue weighted by atomic mass is 16.7. The number of esters is 1. The van der Waals surface area contributed by atoms with E-state index < -0.39 is 0 Å². The highest BCUT2D eigenvalue weighted by Crippen LogP contribution is 2.43. The number of hydrogen-bond donors (Lipinski definition) is 0. The third-order valence-corrected chi connectivity index (χ3v) is 4.39. The van der Waals surface area contributed by atoms with Crippen molar-refractivity contribution in [2.45, 2.75) is 44.6 Å². The Kier molecular flexibility index (Phi) is 3.19. The summed E-state index contributed by atoms with van der Waals surface area (Å²) in [6.45, 7) is 0.154. The van der Waals surface area contributed by atoms with Crippen LogP contribution in [0.15, 0.2) is 12.2 Å². The highest BCUT2D eigenvalue weighted by molar-refractivity contribution is 5.74. The number of carbonyl (C=O) groups excluding carboxylic acids is 1. The standard InChI is InChI=1S/C14H20O3/c15-14(13-8-10-5-6-11(13)7-10)17-9-16-12-3-1-2-4-12/h5-6,10-13H,1-4,7-9H2. The van der Waals surface area contributed by atoms with Gasteiger partial charge in [-0.25, -0.2) is 0 Å². The third-order valence-electron chi connectivity index (χ3n) is 4.39. The fraction of sp³-hybridized carbons (Fsp3) is 0.786. The Morgan fingerprint density at radius 2 is 2.00 bits per heavy atom. The predicted octanol–water partition coefficient (Wildman–Crippen LogP) is 2.66. The zero-order valence-corrected chi connectivity index (χ0v) is 10.1. The van der Waals surface area contributed by atoms with Crippen LogP contribution in [0.4, 0.5) is 0 Å². The van der Waals surface area contributed by atoms with Crippen molar-refractivity contribution in [1.82, 2.24) is 0 Å². The molecule has 3 unspecified atom stereocenters. The second-order valence-corrected chi connectivity index (χ2v) is 5.54. The van der Waals surface area contributed by atoms with Crippen LogP contribution < -0.4 is 0 Å². The SMILES string of the molecule is O=C(OCOC1CCCC1)C1CC2C=CC1C2. The van der Waals surface area contributed by atoms with E-state index in [0.29, 0.717) is 17.9 Å². The van der Waals surface area contributed by atoms with E-state index in [4.69, 9.17) is 9.47 Å². The van der Waals surface area contributed by atoms with Crippen LogP contribution >= 0.6 is 0 Å². The Morgan fingerprint density at radius 3 is 2.65 bits per heavy atom. The summed E-state index contributed by atoms with van der Waals surface area (Å²) in [4.78, 5) is 11.9. The Labute approximate surface area is 102 Å². The van der Waals surface area contributed by atoms with Gasteiger partial charge in [-0.15, -0.1) is 0 Å². The van der Waals surface area contributed by atoms with Crippen molar-refractivity contribution in [2.24, 2.45) is 17.8 Å². The molecule has 0 aromatic carbocycles. The van der Waals surface area contributed by atoms with Crippen LogP contribution in [-0.2, 0) is 14.3 Å². The summed E-state index contributed by atoms with van der Waals surface area (Å²) in [5, 5.41) is 0. The van der Waals surface area contributed by atoms with Gasteiger partial charge in [0.05, 0.1) is 12.0 Å². The monoisotopic (exact) mass is 236 g/mol. The molecule has 0 aromatic rings. The van der Waals surface area contributed by atoms with Gasteiger partial charge in [0, 0.05) is 0 Å². The second kappa shape index (κ2) is 4.81. The lowest BCUT2D eigenvalue weighted by Gasteiger charge is -2.17. The van der Waals surface area contributed by atoms with Gasteiger partial charge in [0.2, 0.25) is 0 Å². The first-order chi connectivity index (χ1) is 8.33. The van der Waals surface area contributed by atoms with Crippen LogP contribution in [0.1, 0.15) is 38.5 Å². The molecular weight excluding hydrogens is 216 g/mol. The van der Waals surface area contributed by atoms with Crippen molar-refractivity contribution in [2.75, 3.05) is 6.79 Å². The average molecular weight is 236 g/mol. The summed E-state index contributed by atoms with van der Waals surface area (Å²) in [7, 11) is 0. The fourth-order valence-corrected chi connectivity index (χ4v) is 3.40. The van der Waals surface area contributed by atoms with Crippen molar-refractivity contribution in [3.8, 4) is 0 Å². The van der Waals surface area contributed by atoms with Crippen molar-refractivity contribution < 1.29 is 14.3 Å². The van der Waals surface area contributed by atoms with E-state index in [2.05, 4.69) is 12.2 Å². The minimum Gasteiger partial charge on any atom is -0.438 e. The zero-order chi connectivity index (χ0) is 11.7. The van der Waals surface area contributed by atoms with Crippen molar-refractivity contribution in [3.63, 3.8) is 0 Å². The van der Waals surface area contributed by atoms with Crippen molar-refractivity contribution in [1.29, 1.82) is 0 Å². The largest absolute Gasteiger partial charge is 0.438 e. The summed E-state index contributed by atoms with van der Waals surface area (Å²) in [5.74, 6) is 1.09. The molecule has 0 heterocycles. The van der Waals surface area contributed by atoms with Crippen LogP contribution in [-0.4, -0.2) is 18.9 Å². The van der Waals surface area contributed by atoms with Crippen LogP contribution in [0.2, 0.25) is 0 Å². The predicted molar refractivity (Wildman–Crippen MR) is 63.1 cm³/mol. The number of hydrogen-bond acceptors (Lipinski definition) is 3. The molecule has 0 spiro atoms. The molecule has 3 aliphatic carbocycles. The summed E-state index contributed by atoms with van der Waals surface area (Å²) >= 11 is 0.